The van der Waals surface area contributed by atoms with Crippen LogP contribution in [-0.2, 0) is 6.42 Å². The average Bonchev–Trinajstić information content (AvgIpc) is 2.75. The molecule has 0 fully saturated rings. The molecule has 1 aromatic heterocycles. The van der Waals surface area contributed by atoms with Crippen LogP contribution >= 0.6 is 0 Å². The van der Waals surface area contributed by atoms with Gasteiger partial charge in [-0.3, -0.25) is 0 Å². The van der Waals surface area contributed by atoms with E-state index in [1.165, 1.54) is 12.1 Å². The molecule has 2 aromatic rings. The van der Waals surface area contributed by atoms with Crippen LogP contribution in [0, 0.1) is 12.7 Å². The number of anilines is 1. The highest BCUT2D eigenvalue weighted by atomic mass is 19.1. The summed E-state index contributed by atoms with van der Waals surface area (Å²) in [4.78, 5) is 4.14. The number of rotatable bonds is 2. The van der Waals surface area contributed by atoms with Crippen molar-refractivity contribution in [3.8, 4) is 5.75 Å². The van der Waals surface area contributed by atoms with Crippen LogP contribution in [0.2, 0.25) is 0 Å². The van der Waals surface area contributed by atoms with Crippen molar-refractivity contribution in [3.05, 3.63) is 35.7 Å². The lowest BCUT2D eigenvalue weighted by atomic mass is 10.1. The molecule has 94 valence electrons. The highest BCUT2D eigenvalue weighted by Gasteiger charge is 2.21. The number of nitrogens with zero attached hydrogens (tertiary/aromatic N) is 2. The highest BCUT2D eigenvalue weighted by Crippen LogP contribution is 2.29. The molecular formula is C12H12FN3O2. The Hall–Kier alpha value is -2.11. The van der Waals surface area contributed by atoms with Crippen LogP contribution in [0.5, 0.6) is 5.75 Å². The van der Waals surface area contributed by atoms with Gasteiger partial charge in [-0.15, -0.1) is 0 Å². The molecule has 3 rings (SSSR count). The van der Waals surface area contributed by atoms with E-state index in [1.807, 2.05) is 0 Å². The van der Waals surface area contributed by atoms with E-state index in [4.69, 9.17) is 9.26 Å². The first-order chi connectivity index (χ1) is 8.70. The molecule has 0 radical (unpaired) electrons. The van der Waals surface area contributed by atoms with Crippen molar-refractivity contribution in [2.24, 2.45) is 0 Å². The van der Waals surface area contributed by atoms with Crippen molar-refractivity contribution in [1.82, 2.24) is 10.1 Å². The SMILES string of the molecule is Cc1noc(C[C@H]2COc3cc(F)ccc3N2)n1. The first-order valence-electron chi connectivity index (χ1n) is 5.69. The zero-order valence-electron chi connectivity index (χ0n) is 9.81. The number of hydrogen-bond acceptors (Lipinski definition) is 5. The molecule has 0 saturated carbocycles. The second-order valence-corrected chi connectivity index (χ2v) is 4.23. The van der Waals surface area contributed by atoms with Gasteiger partial charge >= 0.3 is 0 Å². The monoisotopic (exact) mass is 249 g/mol. The summed E-state index contributed by atoms with van der Waals surface area (Å²) in [7, 11) is 0. The lowest BCUT2D eigenvalue weighted by Crippen LogP contribution is -2.33. The van der Waals surface area contributed by atoms with Gasteiger partial charge in [0.2, 0.25) is 5.89 Å². The predicted octanol–water partition coefficient (Wildman–Crippen LogP) is 1.93. The summed E-state index contributed by atoms with van der Waals surface area (Å²) in [6.07, 6.45) is 0.581. The van der Waals surface area contributed by atoms with E-state index in [9.17, 15) is 4.39 Å². The van der Waals surface area contributed by atoms with Crippen LogP contribution in [0.1, 0.15) is 11.7 Å². The Bertz CT molecular complexity index is 570. The maximum Gasteiger partial charge on any atom is 0.228 e. The van der Waals surface area contributed by atoms with E-state index in [1.54, 1.807) is 13.0 Å². The smallest absolute Gasteiger partial charge is 0.228 e. The summed E-state index contributed by atoms with van der Waals surface area (Å²) in [6.45, 7) is 2.22. The average molecular weight is 249 g/mol. The third-order valence-corrected chi connectivity index (χ3v) is 2.73. The van der Waals surface area contributed by atoms with Gasteiger partial charge in [0.05, 0.1) is 18.2 Å². The van der Waals surface area contributed by atoms with Crippen LogP contribution in [-0.4, -0.2) is 22.8 Å². The Labute approximate surface area is 103 Å². The summed E-state index contributed by atoms with van der Waals surface area (Å²) in [5.74, 6) is 1.41. The molecule has 5 nitrogen and oxygen atoms in total. The van der Waals surface area contributed by atoms with E-state index >= 15 is 0 Å². The van der Waals surface area contributed by atoms with Gasteiger partial charge in [0.15, 0.2) is 5.82 Å². The summed E-state index contributed by atoms with van der Waals surface area (Å²) in [5.41, 5.74) is 0.781. The first-order valence-corrected chi connectivity index (χ1v) is 5.69. The van der Waals surface area contributed by atoms with Gasteiger partial charge in [0.1, 0.15) is 18.2 Å². The van der Waals surface area contributed by atoms with E-state index in [2.05, 4.69) is 15.5 Å². The Morgan fingerprint density at radius 2 is 2.39 bits per heavy atom. The van der Waals surface area contributed by atoms with E-state index in [-0.39, 0.29) is 11.9 Å². The van der Waals surface area contributed by atoms with Crippen LogP contribution in [0.25, 0.3) is 0 Å². The van der Waals surface area contributed by atoms with Crippen molar-refractivity contribution in [2.75, 3.05) is 11.9 Å². The molecule has 0 bridgehead atoms. The topological polar surface area (TPSA) is 60.2 Å². The molecule has 2 heterocycles. The summed E-state index contributed by atoms with van der Waals surface area (Å²) in [5, 5.41) is 7.00. The van der Waals surface area contributed by atoms with Gasteiger partial charge < -0.3 is 14.6 Å². The number of halogens is 1. The number of nitrogens with one attached hydrogen (secondary N) is 1. The maximum absolute atomic E-state index is 13.0. The highest BCUT2D eigenvalue weighted by molar-refractivity contribution is 5.58. The van der Waals surface area contributed by atoms with Gasteiger partial charge in [0.25, 0.3) is 0 Å². The minimum Gasteiger partial charge on any atom is -0.489 e. The van der Waals surface area contributed by atoms with Crippen molar-refractivity contribution >= 4 is 5.69 Å². The van der Waals surface area contributed by atoms with Crippen molar-refractivity contribution in [2.45, 2.75) is 19.4 Å². The Kier molecular flexibility index (Phi) is 2.62. The second-order valence-electron chi connectivity index (χ2n) is 4.23. The van der Waals surface area contributed by atoms with Crippen molar-refractivity contribution in [3.63, 3.8) is 0 Å². The second kappa shape index (κ2) is 4.29. The Morgan fingerprint density at radius 3 is 3.17 bits per heavy atom. The number of benzene rings is 1. The largest absolute Gasteiger partial charge is 0.489 e. The van der Waals surface area contributed by atoms with Crippen LogP contribution in [0.3, 0.4) is 0 Å². The molecule has 1 aliphatic heterocycles. The standard InChI is InChI=1S/C12H12FN3O2/c1-7-14-12(18-16-7)5-9-6-17-11-4-8(13)2-3-10(11)15-9/h2-4,9,15H,5-6H2,1H3/t9-/m0/s1. The van der Waals surface area contributed by atoms with Crippen molar-refractivity contribution in [1.29, 1.82) is 0 Å². The zero-order valence-corrected chi connectivity index (χ0v) is 9.81. The van der Waals surface area contributed by atoms with Gasteiger partial charge in [-0.1, -0.05) is 5.16 Å². The fourth-order valence-electron chi connectivity index (χ4n) is 1.93. The molecule has 0 unspecified atom stereocenters. The fourth-order valence-corrected chi connectivity index (χ4v) is 1.93. The number of aryl methyl sites for hydroxylation is 1. The normalized spacial score (nSPS) is 17.8. The van der Waals surface area contributed by atoms with Crippen LogP contribution < -0.4 is 10.1 Å². The molecule has 1 N–H and O–H groups in total. The molecule has 6 heteroatoms. The molecule has 0 aliphatic carbocycles. The first kappa shape index (κ1) is 11.0. The molecule has 1 aliphatic rings. The lowest BCUT2D eigenvalue weighted by molar-refractivity contribution is 0.270. The van der Waals surface area contributed by atoms with Gasteiger partial charge in [-0.25, -0.2) is 4.39 Å². The van der Waals surface area contributed by atoms with Gasteiger partial charge in [0, 0.05) is 6.07 Å². The minimum absolute atomic E-state index is 0.0443. The van der Waals surface area contributed by atoms with Crippen molar-refractivity contribution < 1.29 is 13.7 Å². The molecule has 0 saturated heterocycles. The van der Waals surface area contributed by atoms with E-state index in [0.29, 0.717) is 30.5 Å². The summed E-state index contributed by atoms with van der Waals surface area (Å²) in [6, 6.07) is 4.47. The van der Waals surface area contributed by atoms with Gasteiger partial charge in [-0.2, -0.15) is 4.98 Å². The number of aromatic nitrogens is 2. The van der Waals surface area contributed by atoms with E-state index < -0.39 is 0 Å². The molecule has 0 spiro atoms. The lowest BCUT2D eigenvalue weighted by Gasteiger charge is -2.26. The number of fused-ring (bicyclic) bond motifs is 1. The molecule has 1 aromatic carbocycles. The minimum atomic E-state index is -0.304. The molecule has 0 amide bonds. The van der Waals surface area contributed by atoms with Crippen LogP contribution in [0.15, 0.2) is 22.7 Å². The fraction of sp³-hybridized carbons (Fsp3) is 0.333. The van der Waals surface area contributed by atoms with E-state index in [0.717, 1.165) is 5.69 Å². The third kappa shape index (κ3) is 2.13. The summed E-state index contributed by atoms with van der Waals surface area (Å²) >= 11 is 0. The summed E-state index contributed by atoms with van der Waals surface area (Å²) < 4.78 is 23.6. The Balaban J connectivity index is 1.73. The quantitative estimate of drug-likeness (QED) is 0.881. The van der Waals surface area contributed by atoms with Crippen LogP contribution in [0.4, 0.5) is 10.1 Å². The maximum atomic E-state index is 13.0. The van der Waals surface area contributed by atoms with Gasteiger partial charge in [-0.05, 0) is 19.1 Å². The zero-order chi connectivity index (χ0) is 12.5. The third-order valence-electron chi connectivity index (χ3n) is 2.73. The number of ether oxygens (including phenoxy) is 1. The molecule has 18 heavy (non-hydrogen) atoms. The molecular weight excluding hydrogens is 237 g/mol. The Morgan fingerprint density at radius 1 is 1.50 bits per heavy atom. The number of hydrogen-bond donors (Lipinski definition) is 1. The predicted molar refractivity (Wildman–Crippen MR) is 62.0 cm³/mol. The molecule has 1 atom stereocenters.